The molecule has 3 heterocycles. The number of amides is 2. The molecule has 1 aromatic heterocycles. The summed E-state index contributed by atoms with van der Waals surface area (Å²) in [5.74, 6) is 0.534. The van der Waals surface area contributed by atoms with Crippen molar-refractivity contribution in [1.82, 2.24) is 20.1 Å². The maximum atomic E-state index is 12.2. The number of rotatable bonds is 7. The van der Waals surface area contributed by atoms with E-state index in [-0.39, 0.29) is 6.03 Å². The lowest BCUT2D eigenvalue weighted by molar-refractivity contribution is -0.0728. The Morgan fingerprint density at radius 1 is 0.972 bits per heavy atom. The monoisotopic (exact) mass is 485 g/mol. The zero-order valence-electron chi connectivity index (χ0n) is 20.1. The first-order valence-corrected chi connectivity index (χ1v) is 12.2. The molecule has 186 valence electrons. The Morgan fingerprint density at radius 2 is 1.72 bits per heavy atom. The van der Waals surface area contributed by atoms with Crippen LogP contribution in [0.15, 0.2) is 73.1 Å². The van der Waals surface area contributed by atoms with Gasteiger partial charge in [0.05, 0.1) is 19.3 Å². The minimum atomic E-state index is -0.275. The van der Waals surface area contributed by atoms with Gasteiger partial charge in [-0.3, -0.25) is 15.3 Å². The Balaban J connectivity index is 1.16. The highest BCUT2D eigenvalue weighted by Gasteiger charge is 2.30. The molecule has 0 radical (unpaired) electrons. The molecule has 0 aliphatic carbocycles. The maximum Gasteiger partial charge on any atom is 0.319 e. The standard InChI is InChI=1S/C27H31N7O2/c28-26(34-14-12-33(13-15-34)23-18-36-19-23)24-5-1-2-6-25(24)31-21-7-9-22(10-8-21)32-27(35)30-17-20-4-3-11-29-16-20/h1-11,16,23,28,31H,12-15,17-19H2,(H2,30,32,35). The molecule has 0 spiro atoms. The molecule has 0 unspecified atom stereocenters. The number of urea groups is 1. The normalized spacial score (nSPS) is 16.2. The van der Waals surface area contributed by atoms with Crippen LogP contribution in [0.2, 0.25) is 0 Å². The second kappa shape index (κ2) is 11.2. The predicted molar refractivity (Wildman–Crippen MR) is 141 cm³/mol. The van der Waals surface area contributed by atoms with E-state index in [0.717, 1.165) is 61.9 Å². The number of nitrogens with one attached hydrogen (secondary N) is 4. The highest BCUT2D eigenvalue weighted by Crippen LogP contribution is 2.24. The number of amidine groups is 1. The lowest BCUT2D eigenvalue weighted by Gasteiger charge is -2.43. The Bertz CT molecular complexity index is 1170. The molecule has 2 fully saturated rings. The summed E-state index contributed by atoms with van der Waals surface area (Å²) in [6, 6.07) is 19.5. The number of piperazine rings is 1. The molecule has 0 bridgehead atoms. The van der Waals surface area contributed by atoms with Crippen molar-refractivity contribution in [2.24, 2.45) is 0 Å². The highest BCUT2D eigenvalue weighted by molar-refractivity contribution is 6.02. The molecule has 2 aliphatic heterocycles. The van der Waals surface area contributed by atoms with Crippen LogP contribution in [-0.4, -0.2) is 72.1 Å². The largest absolute Gasteiger partial charge is 0.378 e. The van der Waals surface area contributed by atoms with E-state index in [1.807, 2.05) is 60.7 Å². The molecule has 9 nitrogen and oxygen atoms in total. The van der Waals surface area contributed by atoms with Crippen LogP contribution in [0.3, 0.4) is 0 Å². The van der Waals surface area contributed by atoms with Gasteiger partial charge in [0, 0.05) is 67.7 Å². The number of nitrogens with zero attached hydrogens (tertiary/aromatic N) is 3. The zero-order valence-corrected chi connectivity index (χ0v) is 20.1. The van der Waals surface area contributed by atoms with Crippen LogP contribution in [-0.2, 0) is 11.3 Å². The van der Waals surface area contributed by atoms with Crippen molar-refractivity contribution in [3.05, 3.63) is 84.2 Å². The molecule has 9 heteroatoms. The average molecular weight is 486 g/mol. The number of benzene rings is 2. The number of para-hydroxylation sites is 1. The number of hydrogen-bond acceptors (Lipinski definition) is 6. The van der Waals surface area contributed by atoms with Crippen molar-refractivity contribution in [2.45, 2.75) is 12.6 Å². The minimum Gasteiger partial charge on any atom is -0.378 e. The quantitative estimate of drug-likeness (QED) is 0.302. The summed E-state index contributed by atoms with van der Waals surface area (Å²) in [6.07, 6.45) is 3.43. The van der Waals surface area contributed by atoms with Crippen LogP contribution in [0.5, 0.6) is 0 Å². The minimum absolute atomic E-state index is 0.275. The summed E-state index contributed by atoms with van der Waals surface area (Å²) >= 11 is 0. The predicted octanol–water partition coefficient (Wildman–Crippen LogP) is 3.49. The van der Waals surface area contributed by atoms with E-state index >= 15 is 0 Å². The summed E-state index contributed by atoms with van der Waals surface area (Å²) in [5.41, 5.74) is 4.26. The molecular weight excluding hydrogens is 454 g/mol. The first-order valence-electron chi connectivity index (χ1n) is 12.2. The van der Waals surface area contributed by atoms with Crippen molar-refractivity contribution < 1.29 is 9.53 Å². The molecule has 2 aromatic carbocycles. The van der Waals surface area contributed by atoms with Gasteiger partial charge < -0.3 is 25.6 Å². The van der Waals surface area contributed by atoms with E-state index in [4.69, 9.17) is 10.1 Å². The van der Waals surface area contributed by atoms with Gasteiger partial charge in [-0.25, -0.2) is 4.79 Å². The fourth-order valence-electron chi connectivity index (χ4n) is 4.37. The van der Waals surface area contributed by atoms with Gasteiger partial charge in [0.25, 0.3) is 0 Å². The Labute approximate surface area is 211 Å². The molecule has 4 N–H and O–H groups in total. The van der Waals surface area contributed by atoms with Gasteiger partial charge in [-0.1, -0.05) is 18.2 Å². The van der Waals surface area contributed by atoms with Gasteiger partial charge in [-0.05, 0) is 48.0 Å². The summed E-state index contributed by atoms with van der Waals surface area (Å²) < 4.78 is 5.33. The summed E-state index contributed by atoms with van der Waals surface area (Å²) in [4.78, 5) is 20.9. The number of ether oxygens (including phenoxy) is 1. The molecule has 0 atom stereocenters. The lowest BCUT2D eigenvalue weighted by atomic mass is 10.1. The SMILES string of the molecule is N=C(c1ccccc1Nc1ccc(NC(=O)NCc2cccnc2)cc1)N1CCN(C2COC2)CC1. The number of carbonyl (C=O) groups is 1. The van der Waals surface area contributed by atoms with Gasteiger partial charge in [0.1, 0.15) is 5.84 Å². The molecule has 2 amide bonds. The van der Waals surface area contributed by atoms with Gasteiger partial charge in [0.15, 0.2) is 0 Å². The Hall–Kier alpha value is -3.95. The third-order valence-corrected chi connectivity index (χ3v) is 6.55. The topological polar surface area (TPSA) is 106 Å². The van der Waals surface area contributed by atoms with Crippen molar-refractivity contribution in [1.29, 1.82) is 5.41 Å². The van der Waals surface area contributed by atoms with Crippen LogP contribution in [0.1, 0.15) is 11.1 Å². The van der Waals surface area contributed by atoms with E-state index in [2.05, 4.69) is 30.7 Å². The van der Waals surface area contributed by atoms with Crippen molar-refractivity contribution in [3.63, 3.8) is 0 Å². The number of aromatic nitrogens is 1. The van der Waals surface area contributed by atoms with E-state index in [1.165, 1.54) is 0 Å². The number of carbonyl (C=O) groups excluding carboxylic acids is 1. The first-order chi connectivity index (χ1) is 17.7. The van der Waals surface area contributed by atoms with Gasteiger partial charge in [-0.2, -0.15) is 0 Å². The van der Waals surface area contributed by atoms with Crippen molar-refractivity contribution in [2.75, 3.05) is 50.0 Å². The van der Waals surface area contributed by atoms with Gasteiger partial charge in [0.2, 0.25) is 0 Å². The molecule has 36 heavy (non-hydrogen) atoms. The fourth-order valence-corrected chi connectivity index (χ4v) is 4.37. The summed E-state index contributed by atoms with van der Waals surface area (Å²) in [6.45, 7) is 5.65. The second-order valence-corrected chi connectivity index (χ2v) is 8.98. The van der Waals surface area contributed by atoms with E-state index < -0.39 is 0 Å². The van der Waals surface area contributed by atoms with Crippen LogP contribution in [0.25, 0.3) is 0 Å². The van der Waals surface area contributed by atoms with Crippen LogP contribution in [0, 0.1) is 5.41 Å². The zero-order chi connectivity index (χ0) is 24.7. The molecule has 2 saturated heterocycles. The van der Waals surface area contributed by atoms with E-state index in [0.29, 0.717) is 24.1 Å². The average Bonchev–Trinajstić information content (AvgIpc) is 2.89. The molecule has 0 saturated carbocycles. The number of hydrogen-bond donors (Lipinski definition) is 4. The lowest BCUT2D eigenvalue weighted by Crippen LogP contribution is -2.57. The molecule has 5 rings (SSSR count). The molecule has 2 aliphatic rings. The molecule has 3 aromatic rings. The van der Waals surface area contributed by atoms with Gasteiger partial charge in [-0.15, -0.1) is 0 Å². The van der Waals surface area contributed by atoms with Crippen LogP contribution in [0.4, 0.5) is 21.9 Å². The number of anilines is 3. The van der Waals surface area contributed by atoms with Gasteiger partial charge >= 0.3 is 6.03 Å². The summed E-state index contributed by atoms with van der Waals surface area (Å²) in [7, 11) is 0. The Morgan fingerprint density at radius 3 is 2.42 bits per heavy atom. The van der Waals surface area contributed by atoms with Crippen LogP contribution >= 0.6 is 0 Å². The third-order valence-electron chi connectivity index (χ3n) is 6.55. The first kappa shape index (κ1) is 23.8. The fraction of sp³-hybridized carbons (Fsp3) is 0.296. The van der Waals surface area contributed by atoms with Crippen molar-refractivity contribution in [3.8, 4) is 0 Å². The van der Waals surface area contributed by atoms with Crippen LogP contribution < -0.4 is 16.0 Å². The second-order valence-electron chi connectivity index (χ2n) is 8.98. The summed E-state index contributed by atoms with van der Waals surface area (Å²) in [5, 5.41) is 18.0. The third kappa shape index (κ3) is 5.81. The molecular formula is C27H31N7O2. The van der Waals surface area contributed by atoms with E-state index in [9.17, 15) is 4.79 Å². The maximum absolute atomic E-state index is 12.2. The number of pyridine rings is 1. The van der Waals surface area contributed by atoms with E-state index in [1.54, 1.807) is 12.4 Å². The smallest absolute Gasteiger partial charge is 0.319 e. The highest BCUT2D eigenvalue weighted by atomic mass is 16.5. The van der Waals surface area contributed by atoms with Crippen molar-refractivity contribution >= 4 is 28.9 Å². The Kier molecular flexibility index (Phi) is 7.39.